The van der Waals surface area contributed by atoms with Gasteiger partial charge in [-0.25, -0.2) is 4.98 Å². The predicted molar refractivity (Wildman–Crippen MR) is 105 cm³/mol. The van der Waals surface area contributed by atoms with Crippen LogP contribution in [-0.2, 0) is 4.74 Å². The highest BCUT2D eigenvalue weighted by Crippen LogP contribution is 2.25. The van der Waals surface area contributed by atoms with E-state index in [9.17, 15) is 4.79 Å². The lowest BCUT2D eigenvalue weighted by molar-refractivity contribution is 0.102. The van der Waals surface area contributed by atoms with Crippen LogP contribution in [0.4, 0.5) is 17.2 Å². The first kappa shape index (κ1) is 17.7. The fourth-order valence-electron chi connectivity index (χ4n) is 3.37. The van der Waals surface area contributed by atoms with Gasteiger partial charge >= 0.3 is 0 Å². The van der Waals surface area contributed by atoms with Crippen molar-refractivity contribution in [1.29, 1.82) is 0 Å². The van der Waals surface area contributed by atoms with Crippen molar-refractivity contribution in [2.75, 3.05) is 67.6 Å². The minimum absolute atomic E-state index is 0.227. The maximum Gasteiger partial charge on any atom is 0.274 e. The Hall–Kier alpha value is -2.71. The first-order chi connectivity index (χ1) is 13.3. The molecule has 0 saturated carbocycles. The van der Waals surface area contributed by atoms with Crippen molar-refractivity contribution in [3.8, 4) is 0 Å². The number of amides is 1. The summed E-state index contributed by atoms with van der Waals surface area (Å²) < 4.78 is 5.38. The normalized spacial score (nSPS) is 17.6. The Balaban J connectivity index is 1.51. The lowest BCUT2D eigenvalue weighted by Gasteiger charge is -2.30. The van der Waals surface area contributed by atoms with Gasteiger partial charge in [0.05, 0.1) is 30.8 Å². The second-order valence-electron chi connectivity index (χ2n) is 6.56. The molecule has 0 unspecified atom stereocenters. The number of pyridine rings is 2. The first-order valence-electron chi connectivity index (χ1n) is 9.32. The van der Waals surface area contributed by atoms with E-state index in [-0.39, 0.29) is 5.91 Å². The smallest absolute Gasteiger partial charge is 0.274 e. The summed E-state index contributed by atoms with van der Waals surface area (Å²) in [6.07, 6.45) is 3.45. The zero-order valence-electron chi connectivity index (χ0n) is 15.2. The number of morpholine rings is 1. The van der Waals surface area contributed by atoms with E-state index in [1.165, 1.54) is 0 Å². The van der Waals surface area contributed by atoms with E-state index >= 15 is 0 Å². The van der Waals surface area contributed by atoms with Crippen LogP contribution in [-0.4, -0.2) is 68.4 Å². The number of carbonyl (C=O) groups excluding carboxylic acids is 1. The quantitative estimate of drug-likeness (QED) is 0.832. The number of ether oxygens (including phenoxy) is 1. The van der Waals surface area contributed by atoms with Crippen LogP contribution in [0.15, 0.2) is 36.7 Å². The third-order valence-corrected chi connectivity index (χ3v) is 4.81. The number of carbonyl (C=O) groups is 1. The van der Waals surface area contributed by atoms with Gasteiger partial charge in [-0.05, 0) is 18.2 Å². The maximum atomic E-state index is 12.8. The molecule has 0 atom stereocenters. The van der Waals surface area contributed by atoms with Crippen molar-refractivity contribution in [1.82, 2.24) is 15.3 Å². The molecule has 1 amide bonds. The summed E-state index contributed by atoms with van der Waals surface area (Å²) in [5.74, 6) is 0.578. The van der Waals surface area contributed by atoms with Gasteiger partial charge in [0.25, 0.3) is 5.91 Å². The SMILES string of the molecule is O=C(Nc1cnccc1N1CCNCC1)c1cccc(N2CCOCC2)n1. The molecule has 2 saturated heterocycles. The second-order valence-corrected chi connectivity index (χ2v) is 6.56. The summed E-state index contributed by atoms with van der Waals surface area (Å²) in [6.45, 7) is 6.60. The highest BCUT2D eigenvalue weighted by atomic mass is 16.5. The Morgan fingerprint density at radius 2 is 1.89 bits per heavy atom. The summed E-state index contributed by atoms with van der Waals surface area (Å²) in [6, 6.07) is 7.48. The molecule has 8 nitrogen and oxygen atoms in total. The number of nitrogens with zero attached hydrogens (tertiary/aromatic N) is 4. The van der Waals surface area contributed by atoms with Crippen LogP contribution in [0.2, 0.25) is 0 Å². The number of hydrogen-bond donors (Lipinski definition) is 2. The Morgan fingerprint density at radius 1 is 1.07 bits per heavy atom. The Kier molecular flexibility index (Phi) is 5.45. The fourth-order valence-corrected chi connectivity index (χ4v) is 3.37. The molecule has 2 fully saturated rings. The van der Waals surface area contributed by atoms with Crippen LogP contribution in [0.5, 0.6) is 0 Å². The summed E-state index contributed by atoms with van der Waals surface area (Å²) in [5.41, 5.74) is 2.10. The van der Waals surface area contributed by atoms with E-state index in [1.54, 1.807) is 18.5 Å². The van der Waals surface area contributed by atoms with E-state index < -0.39 is 0 Å². The van der Waals surface area contributed by atoms with E-state index in [1.807, 2.05) is 18.2 Å². The number of nitrogens with one attached hydrogen (secondary N) is 2. The molecular weight excluding hydrogens is 344 g/mol. The van der Waals surface area contributed by atoms with Crippen molar-refractivity contribution in [3.05, 3.63) is 42.4 Å². The van der Waals surface area contributed by atoms with Gasteiger partial charge in [-0.2, -0.15) is 0 Å². The standard InChI is InChI=1S/C19H24N6O2/c26-19(15-2-1-3-18(22-15)25-10-12-27-13-11-25)23-16-14-21-5-4-17(16)24-8-6-20-7-9-24/h1-5,14,20H,6-13H2,(H,23,26). The van der Waals surface area contributed by atoms with Gasteiger partial charge in [-0.15, -0.1) is 0 Å². The molecule has 2 N–H and O–H groups in total. The third-order valence-electron chi connectivity index (χ3n) is 4.81. The van der Waals surface area contributed by atoms with Gasteiger partial charge < -0.3 is 25.2 Å². The van der Waals surface area contributed by atoms with E-state index in [2.05, 4.69) is 30.4 Å². The highest BCUT2D eigenvalue weighted by molar-refractivity contribution is 6.04. The molecule has 8 heteroatoms. The molecule has 142 valence electrons. The highest BCUT2D eigenvalue weighted by Gasteiger charge is 2.18. The molecule has 0 aliphatic carbocycles. The molecule has 4 heterocycles. The minimum atomic E-state index is -0.227. The number of hydrogen-bond acceptors (Lipinski definition) is 7. The van der Waals surface area contributed by atoms with Gasteiger partial charge in [0.15, 0.2) is 0 Å². The van der Waals surface area contributed by atoms with Crippen LogP contribution in [0.25, 0.3) is 0 Å². The van der Waals surface area contributed by atoms with Crippen molar-refractivity contribution in [3.63, 3.8) is 0 Å². The number of anilines is 3. The molecule has 0 spiro atoms. The molecule has 2 aromatic rings. The van der Waals surface area contributed by atoms with Crippen molar-refractivity contribution >= 4 is 23.1 Å². The lowest BCUT2D eigenvalue weighted by atomic mass is 10.2. The Morgan fingerprint density at radius 3 is 2.70 bits per heavy atom. The monoisotopic (exact) mass is 368 g/mol. The zero-order valence-corrected chi connectivity index (χ0v) is 15.2. The zero-order chi connectivity index (χ0) is 18.5. The van der Waals surface area contributed by atoms with Crippen LogP contribution in [0, 0.1) is 0 Å². The molecule has 27 heavy (non-hydrogen) atoms. The average Bonchev–Trinajstić information content (AvgIpc) is 2.75. The number of aromatic nitrogens is 2. The first-order valence-corrected chi connectivity index (χ1v) is 9.32. The second kappa shape index (κ2) is 8.32. The summed E-state index contributed by atoms with van der Waals surface area (Å²) in [4.78, 5) is 25.9. The topological polar surface area (TPSA) is 82.6 Å². The molecule has 2 aromatic heterocycles. The minimum Gasteiger partial charge on any atom is -0.378 e. The van der Waals surface area contributed by atoms with Crippen molar-refractivity contribution < 1.29 is 9.53 Å². The van der Waals surface area contributed by atoms with Gasteiger partial charge in [0.2, 0.25) is 0 Å². The van der Waals surface area contributed by atoms with Gasteiger partial charge in [-0.3, -0.25) is 9.78 Å². The van der Waals surface area contributed by atoms with Crippen LogP contribution < -0.4 is 20.4 Å². The van der Waals surface area contributed by atoms with E-state index in [4.69, 9.17) is 4.74 Å². The molecule has 2 aliphatic heterocycles. The largest absolute Gasteiger partial charge is 0.378 e. The van der Waals surface area contributed by atoms with Gasteiger partial charge in [-0.1, -0.05) is 6.07 Å². The molecule has 4 rings (SSSR count). The van der Waals surface area contributed by atoms with Crippen LogP contribution in [0.3, 0.4) is 0 Å². The Labute approximate surface area is 158 Å². The fraction of sp³-hybridized carbons (Fsp3) is 0.421. The summed E-state index contributed by atoms with van der Waals surface area (Å²) in [5, 5.41) is 6.32. The van der Waals surface area contributed by atoms with Gasteiger partial charge in [0, 0.05) is 45.5 Å². The summed E-state index contributed by atoms with van der Waals surface area (Å²) in [7, 11) is 0. The van der Waals surface area contributed by atoms with Gasteiger partial charge in [0.1, 0.15) is 11.5 Å². The molecule has 0 aromatic carbocycles. The number of rotatable bonds is 4. The van der Waals surface area contributed by atoms with Crippen LogP contribution in [0.1, 0.15) is 10.5 Å². The molecule has 0 radical (unpaired) electrons. The molecule has 2 aliphatic rings. The van der Waals surface area contributed by atoms with E-state index in [0.29, 0.717) is 24.6 Å². The third kappa shape index (κ3) is 4.17. The average molecular weight is 368 g/mol. The number of piperazine rings is 1. The van der Waals surface area contributed by atoms with E-state index in [0.717, 1.165) is 50.8 Å². The maximum absolute atomic E-state index is 12.8. The van der Waals surface area contributed by atoms with Crippen molar-refractivity contribution in [2.45, 2.75) is 0 Å². The lowest BCUT2D eigenvalue weighted by Crippen LogP contribution is -2.43. The predicted octanol–water partition coefficient (Wildman–Crippen LogP) is 0.975. The molecular formula is C19H24N6O2. The van der Waals surface area contributed by atoms with Crippen LogP contribution >= 0.6 is 0 Å². The van der Waals surface area contributed by atoms with Crippen molar-refractivity contribution in [2.24, 2.45) is 0 Å². The molecule has 0 bridgehead atoms. The Bertz CT molecular complexity index is 787. The summed E-state index contributed by atoms with van der Waals surface area (Å²) >= 11 is 0.